The molecule has 1 aromatic carbocycles. The molecule has 2 rings (SSSR count). The highest BCUT2D eigenvalue weighted by Gasteiger charge is 2.22. The Morgan fingerprint density at radius 3 is 2.35 bits per heavy atom. The number of sulfonamides is 1. The molecule has 8 nitrogen and oxygen atoms in total. The van der Waals surface area contributed by atoms with Crippen LogP contribution >= 0.6 is 11.3 Å². The first-order valence-electron chi connectivity index (χ1n) is 9.48. The van der Waals surface area contributed by atoms with E-state index in [9.17, 15) is 18.0 Å². The third-order valence-corrected chi connectivity index (χ3v) is 7.38. The molecule has 0 bridgehead atoms. The molecule has 0 N–H and O–H groups in total. The smallest absolute Gasteiger partial charge is 0.344 e. The number of likely N-dealkylation sites (N-methyl/N-ethyl adjacent to an activating group) is 1. The fourth-order valence-electron chi connectivity index (χ4n) is 2.56. The zero-order valence-corrected chi connectivity index (χ0v) is 19.4. The van der Waals surface area contributed by atoms with Crippen molar-refractivity contribution in [3.63, 3.8) is 0 Å². The summed E-state index contributed by atoms with van der Waals surface area (Å²) in [6, 6.07) is 9.48. The number of carbonyl (C=O) groups excluding carboxylic acids is 2. The molecule has 31 heavy (non-hydrogen) atoms. The Balaban J connectivity index is 1.86. The molecule has 0 atom stereocenters. The second-order valence-electron chi connectivity index (χ2n) is 6.71. The number of anilines is 1. The van der Waals surface area contributed by atoms with E-state index in [1.807, 2.05) is 13.8 Å². The topological polar surface area (TPSA) is 93.2 Å². The average Bonchev–Trinajstić information content (AvgIpc) is 3.30. The van der Waals surface area contributed by atoms with Crippen molar-refractivity contribution >= 4 is 38.9 Å². The number of nitrogens with zero attached hydrogens (tertiary/aromatic N) is 2. The van der Waals surface area contributed by atoms with Crippen LogP contribution in [0, 0.1) is 0 Å². The maximum atomic E-state index is 12.6. The van der Waals surface area contributed by atoms with E-state index in [1.54, 1.807) is 41.8 Å². The molecule has 0 fully saturated rings. The monoisotopic (exact) mass is 466 g/mol. The van der Waals surface area contributed by atoms with Gasteiger partial charge in [0.15, 0.2) is 13.2 Å². The number of benzene rings is 1. The van der Waals surface area contributed by atoms with Crippen molar-refractivity contribution in [2.75, 3.05) is 37.7 Å². The highest BCUT2D eigenvalue weighted by Crippen LogP contribution is 2.26. The van der Waals surface area contributed by atoms with Crippen molar-refractivity contribution in [2.45, 2.75) is 18.1 Å². The summed E-state index contributed by atoms with van der Waals surface area (Å²) >= 11 is 1.14. The first-order chi connectivity index (χ1) is 14.6. The van der Waals surface area contributed by atoms with Crippen LogP contribution in [0.1, 0.15) is 13.8 Å². The van der Waals surface area contributed by atoms with Gasteiger partial charge in [-0.15, -0.1) is 11.3 Å². The van der Waals surface area contributed by atoms with Crippen LogP contribution in [0.25, 0.3) is 0 Å². The lowest BCUT2D eigenvalue weighted by molar-refractivity contribution is -0.153. The summed E-state index contributed by atoms with van der Waals surface area (Å²) in [6.07, 6.45) is 0. The number of ether oxygens (including phenoxy) is 2. The van der Waals surface area contributed by atoms with Crippen molar-refractivity contribution in [2.24, 2.45) is 0 Å². The van der Waals surface area contributed by atoms with Crippen LogP contribution in [0.5, 0.6) is 5.75 Å². The average molecular weight is 467 g/mol. The number of rotatable bonds is 11. The molecule has 0 radical (unpaired) electrons. The maximum Gasteiger partial charge on any atom is 0.344 e. The largest absolute Gasteiger partial charge is 0.482 e. The van der Waals surface area contributed by atoms with Gasteiger partial charge in [-0.2, -0.15) is 0 Å². The first-order valence-corrected chi connectivity index (χ1v) is 11.8. The summed E-state index contributed by atoms with van der Waals surface area (Å²) in [5, 5.41) is 1.70. The zero-order valence-electron chi connectivity index (χ0n) is 17.7. The van der Waals surface area contributed by atoms with E-state index in [0.29, 0.717) is 24.5 Å². The molecule has 1 amide bonds. The number of hydrogen-bond donors (Lipinski definition) is 0. The summed E-state index contributed by atoms with van der Waals surface area (Å²) in [6.45, 7) is 7.58. The summed E-state index contributed by atoms with van der Waals surface area (Å²) in [5.41, 5.74) is 1.29. The van der Waals surface area contributed by atoms with E-state index in [4.69, 9.17) is 9.47 Å². The summed E-state index contributed by atoms with van der Waals surface area (Å²) < 4.78 is 36.9. The lowest BCUT2D eigenvalue weighted by atomic mass is 10.3. The summed E-state index contributed by atoms with van der Waals surface area (Å²) in [5.74, 6) is -0.620. The minimum atomic E-state index is -3.62. The molecule has 0 aliphatic rings. The minimum Gasteiger partial charge on any atom is -0.482 e. The fourth-order valence-corrected chi connectivity index (χ4v) is 4.91. The molecule has 0 aliphatic heterocycles. The van der Waals surface area contributed by atoms with E-state index >= 15 is 0 Å². The van der Waals surface area contributed by atoms with Crippen LogP contribution in [0.3, 0.4) is 0 Å². The molecule has 1 aromatic heterocycles. The van der Waals surface area contributed by atoms with Crippen molar-refractivity contribution in [1.29, 1.82) is 0 Å². The third kappa shape index (κ3) is 6.83. The molecule has 2 aromatic rings. The number of hydrogen-bond acceptors (Lipinski definition) is 7. The fraction of sp³-hybridized carbons (Fsp3) is 0.333. The minimum absolute atomic E-state index is 0.248. The Kier molecular flexibility index (Phi) is 8.64. The molecular weight excluding hydrogens is 440 g/mol. The number of esters is 1. The van der Waals surface area contributed by atoms with Crippen molar-refractivity contribution in [1.82, 2.24) is 4.90 Å². The van der Waals surface area contributed by atoms with Crippen molar-refractivity contribution in [3.8, 4) is 5.75 Å². The molecule has 0 spiro atoms. The molecule has 0 aliphatic carbocycles. The van der Waals surface area contributed by atoms with Crippen LogP contribution in [-0.4, -0.2) is 58.5 Å². The van der Waals surface area contributed by atoms with Gasteiger partial charge in [-0.25, -0.2) is 13.2 Å². The zero-order chi connectivity index (χ0) is 23.0. The van der Waals surface area contributed by atoms with E-state index in [-0.39, 0.29) is 23.3 Å². The molecular formula is C21H26N2O6S2. The van der Waals surface area contributed by atoms with Gasteiger partial charge < -0.3 is 14.4 Å². The second-order valence-corrected chi connectivity index (χ2v) is 9.86. The highest BCUT2D eigenvalue weighted by atomic mass is 32.2. The molecule has 0 saturated carbocycles. The number of carbonyl (C=O) groups is 2. The van der Waals surface area contributed by atoms with Gasteiger partial charge in [-0.1, -0.05) is 18.2 Å². The van der Waals surface area contributed by atoms with E-state index in [1.165, 1.54) is 16.3 Å². The van der Waals surface area contributed by atoms with Crippen LogP contribution in [0.4, 0.5) is 5.69 Å². The van der Waals surface area contributed by atoms with Crippen LogP contribution in [-0.2, 0) is 24.3 Å². The summed E-state index contributed by atoms with van der Waals surface area (Å²) in [4.78, 5) is 25.5. The van der Waals surface area contributed by atoms with Gasteiger partial charge in [0.05, 0.1) is 5.69 Å². The quantitative estimate of drug-likeness (QED) is 0.373. The molecule has 1 heterocycles. The van der Waals surface area contributed by atoms with Gasteiger partial charge in [0.2, 0.25) is 0 Å². The van der Waals surface area contributed by atoms with Gasteiger partial charge in [0.25, 0.3) is 15.9 Å². The van der Waals surface area contributed by atoms with Gasteiger partial charge in [-0.3, -0.25) is 9.10 Å². The Morgan fingerprint density at radius 2 is 1.81 bits per heavy atom. The van der Waals surface area contributed by atoms with Crippen LogP contribution < -0.4 is 9.04 Å². The highest BCUT2D eigenvalue weighted by molar-refractivity contribution is 7.94. The van der Waals surface area contributed by atoms with Gasteiger partial charge >= 0.3 is 5.97 Å². The summed E-state index contributed by atoms with van der Waals surface area (Å²) in [7, 11) is -2.16. The molecule has 0 saturated heterocycles. The Morgan fingerprint density at radius 1 is 1.13 bits per heavy atom. The number of thiophene rings is 1. The Hall–Kier alpha value is -2.85. The SMILES string of the molecule is C=C(C)CN(CC)C(=O)COC(=O)COc1ccc(N(C)S(=O)(=O)c2cccs2)cc1. The molecule has 0 unspecified atom stereocenters. The standard InChI is InChI=1S/C21H26N2O6S2/c1-5-23(13-16(2)3)19(24)14-29-20(25)15-28-18-10-8-17(9-11-18)22(4)31(26,27)21-7-6-12-30-21/h6-12H,2,5,13-15H2,1,3-4H3. The normalized spacial score (nSPS) is 10.9. The second kappa shape index (κ2) is 11.0. The lowest BCUT2D eigenvalue weighted by Crippen LogP contribution is -2.36. The van der Waals surface area contributed by atoms with E-state index < -0.39 is 16.0 Å². The van der Waals surface area contributed by atoms with Gasteiger partial charge in [-0.05, 0) is 49.6 Å². The van der Waals surface area contributed by atoms with Crippen LogP contribution in [0.15, 0.2) is 58.1 Å². The van der Waals surface area contributed by atoms with Gasteiger partial charge in [0, 0.05) is 20.1 Å². The predicted octanol–water partition coefficient (Wildman–Crippen LogP) is 2.92. The van der Waals surface area contributed by atoms with E-state index in [2.05, 4.69) is 6.58 Å². The predicted molar refractivity (Wildman–Crippen MR) is 120 cm³/mol. The Labute approximate surface area is 186 Å². The van der Waals surface area contributed by atoms with Crippen molar-refractivity contribution in [3.05, 3.63) is 53.9 Å². The van der Waals surface area contributed by atoms with Gasteiger partial charge in [0.1, 0.15) is 9.96 Å². The lowest BCUT2D eigenvalue weighted by Gasteiger charge is -2.20. The number of amides is 1. The molecule has 168 valence electrons. The van der Waals surface area contributed by atoms with Crippen LogP contribution in [0.2, 0.25) is 0 Å². The third-order valence-electron chi connectivity index (χ3n) is 4.22. The Bertz CT molecular complexity index is 1000. The van der Waals surface area contributed by atoms with Crippen molar-refractivity contribution < 1.29 is 27.5 Å². The molecule has 10 heteroatoms. The first kappa shape index (κ1) is 24.4. The van der Waals surface area contributed by atoms with E-state index in [0.717, 1.165) is 16.9 Å². The maximum absolute atomic E-state index is 12.6.